The van der Waals surface area contributed by atoms with Crippen molar-refractivity contribution in [3.05, 3.63) is 34.7 Å². The molecule has 3 nitrogen and oxygen atoms in total. The first-order valence-corrected chi connectivity index (χ1v) is 7.59. The molecule has 1 aliphatic rings. The summed E-state index contributed by atoms with van der Waals surface area (Å²) in [5.74, 6) is 0.536. The van der Waals surface area contributed by atoms with E-state index in [1.807, 2.05) is 0 Å². The Labute approximate surface area is 119 Å². The van der Waals surface area contributed by atoms with Crippen molar-refractivity contribution in [1.29, 1.82) is 0 Å². The molecule has 0 amide bonds. The lowest BCUT2D eigenvalue weighted by Crippen LogP contribution is -2.42. The Morgan fingerprint density at radius 1 is 1.63 bits per heavy atom. The number of thiophene rings is 1. The van der Waals surface area contributed by atoms with Gasteiger partial charge in [-0.05, 0) is 31.2 Å². The van der Waals surface area contributed by atoms with Gasteiger partial charge in [-0.25, -0.2) is 0 Å². The van der Waals surface area contributed by atoms with Crippen LogP contribution in [0.3, 0.4) is 0 Å². The first-order valence-electron chi connectivity index (χ1n) is 6.71. The molecule has 0 spiro atoms. The highest BCUT2D eigenvalue weighted by molar-refractivity contribution is 7.09. The quantitative estimate of drug-likeness (QED) is 0.810. The Bertz CT molecular complexity index is 425. The van der Waals surface area contributed by atoms with Crippen molar-refractivity contribution in [2.24, 2.45) is 0 Å². The van der Waals surface area contributed by atoms with E-state index in [4.69, 9.17) is 4.65 Å². The lowest BCUT2D eigenvalue weighted by atomic mass is 9.79. The smallest absolute Gasteiger partial charge is 0.297 e. The number of hydrogen-bond acceptors (Lipinski definition) is 4. The molecule has 1 fully saturated rings. The number of carbonyl (C=O) groups is 1. The third-order valence-electron chi connectivity index (χ3n) is 3.26. The van der Waals surface area contributed by atoms with Gasteiger partial charge in [0.15, 0.2) is 0 Å². The van der Waals surface area contributed by atoms with Gasteiger partial charge in [-0.2, -0.15) is 0 Å². The molecule has 0 radical (unpaired) electrons. The molecule has 2 rings (SSSR count). The minimum Gasteiger partial charge on any atom is -0.434 e. The zero-order valence-electron chi connectivity index (χ0n) is 11.4. The van der Waals surface area contributed by atoms with E-state index in [0.717, 1.165) is 25.0 Å². The summed E-state index contributed by atoms with van der Waals surface area (Å²) in [4.78, 5) is 12.4. The van der Waals surface area contributed by atoms with E-state index >= 15 is 0 Å². The number of nitrogens with one attached hydrogen (secondary N) is 1. The molecule has 1 saturated heterocycles. The van der Waals surface area contributed by atoms with Crippen LogP contribution in [0.2, 0.25) is 0 Å². The Morgan fingerprint density at radius 2 is 2.47 bits per heavy atom. The Morgan fingerprint density at radius 3 is 3.05 bits per heavy atom. The summed E-state index contributed by atoms with van der Waals surface area (Å²) in [7, 11) is 0.668. The van der Waals surface area contributed by atoms with E-state index in [0.29, 0.717) is 19.8 Å². The van der Waals surface area contributed by atoms with Crippen molar-refractivity contribution in [1.82, 2.24) is 5.32 Å². The molecule has 2 atom stereocenters. The molecule has 1 N–H and O–H groups in total. The normalized spacial score (nSPS) is 22.6. The van der Waals surface area contributed by atoms with E-state index < -0.39 is 0 Å². The molecule has 1 aromatic rings. The van der Waals surface area contributed by atoms with Gasteiger partial charge in [-0.1, -0.05) is 12.6 Å². The molecule has 1 aromatic heterocycles. The maximum Gasteiger partial charge on any atom is 0.297 e. The van der Waals surface area contributed by atoms with E-state index in [9.17, 15) is 4.79 Å². The number of allylic oxidation sites excluding steroid dienone is 1. The fraction of sp³-hybridized carbons (Fsp3) is 0.500. The maximum atomic E-state index is 11.0. The van der Waals surface area contributed by atoms with E-state index in [2.05, 4.69) is 29.4 Å². The highest BCUT2D eigenvalue weighted by Crippen LogP contribution is 2.17. The first kappa shape index (κ1) is 14.3. The zero-order valence-corrected chi connectivity index (χ0v) is 12.2. The van der Waals surface area contributed by atoms with Crippen molar-refractivity contribution < 1.29 is 9.45 Å². The molecule has 2 heterocycles. The SMILES string of the molecule is C=C(Cc1cccs1)NC1BOC(CC(C)=O)CC1. The molecular weight excluding hydrogens is 257 g/mol. The molecular formula is C14H20BNO2S. The van der Waals surface area contributed by atoms with E-state index in [-0.39, 0.29) is 11.9 Å². The molecule has 1 aliphatic heterocycles. The minimum absolute atomic E-state index is 0.112. The summed E-state index contributed by atoms with van der Waals surface area (Å²) < 4.78 is 5.72. The van der Waals surface area contributed by atoms with Gasteiger partial charge in [0.25, 0.3) is 7.48 Å². The fourth-order valence-corrected chi connectivity index (χ4v) is 3.11. The summed E-state index contributed by atoms with van der Waals surface area (Å²) in [5.41, 5.74) is 1.04. The molecule has 2 unspecified atom stereocenters. The van der Waals surface area contributed by atoms with Crippen molar-refractivity contribution in [3.63, 3.8) is 0 Å². The highest BCUT2D eigenvalue weighted by atomic mass is 32.1. The van der Waals surface area contributed by atoms with Crippen LogP contribution >= 0.6 is 11.3 Å². The van der Waals surface area contributed by atoms with E-state index in [1.54, 1.807) is 18.3 Å². The van der Waals surface area contributed by atoms with Gasteiger partial charge in [0.2, 0.25) is 0 Å². The molecule has 102 valence electrons. The van der Waals surface area contributed by atoms with Crippen LogP contribution in [-0.2, 0) is 15.9 Å². The van der Waals surface area contributed by atoms with Gasteiger partial charge in [0.05, 0.1) is 0 Å². The largest absolute Gasteiger partial charge is 0.434 e. The second-order valence-electron chi connectivity index (χ2n) is 5.14. The first-order chi connectivity index (χ1) is 9.13. The van der Waals surface area contributed by atoms with Gasteiger partial charge >= 0.3 is 0 Å². The summed E-state index contributed by atoms with van der Waals surface area (Å²) in [6.07, 6.45) is 3.53. The second kappa shape index (κ2) is 6.92. The third kappa shape index (κ3) is 4.84. The summed E-state index contributed by atoms with van der Waals surface area (Å²) in [6.45, 7) is 5.70. The monoisotopic (exact) mass is 277 g/mol. The van der Waals surface area contributed by atoms with Gasteiger partial charge in [0, 0.05) is 35.5 Å². The van der Waals surface area contributed by atoms with Crippen LogP contribution in [0, 0.1) is 0 Å². The molecule has 0 saturated carbocycles. The molecule has 0 aliphatic carbocycles. The zero-order chi connectivity index (χ0) is 13.7. The second-order valence-corrected chi connectivity index (χ2v) is 6.17. The average molecular weight is 277 g/mol. The number of hydrogen-bond donors (Lipinski definition) is 1. The van der Waals surface area contributed by atoms with Crippen LogP contribution < -0.4 is 5.32 Å². The van der Waals surface area contributed by atoms with Crippen LogP contribution in [0.5, 0.6) is 0 Å². The van der Waals surface area contributed by atoms with Gasteiger partial charge < -0.3 is 9.97 Å². The molecule has 19 heavy (non-hydrogen) atoms. The molecule has 5 heteroatoms. The molecule has 0 aromatic carbocycles. The standard InChI is InChI=1S/C14H20BNO2S/c1-10(8-13-4-3-7-19-13)16-14-6-5-12(18-15-14)9-11(2)17/h3-4,7,12,14-16H,1,5-6,8-9H2,2H3. The van der Waals surface area contributed by atoms with Crippen molar-refractivity contribution in [2.75, 3.05) is 0 Å². The van der Waals surface area contributed by atoms with Crippen molar-refractivity contribution >= 4 is 24.6 Å². The van der Waals surface area contributed by atoms with Crippen LogP contribution in [0.15, 0.2) is 29.8 Å². The summed E-state index contributed by atoms with van der Waals surface area (Å²) in [5, 5.41) is 5.52. The van der Waals surface area contributed by atoms with Crippen LogP contribution in [0.25, 0.3) is 0 Å². The predicted molar refractivity (Wildman–Crippen MR) is 80.6 cm³/mol. The van der Waals surface area contributed by atoms with Gasteiger partial charge in [-0.3, -0.25) is 4.79 Å². The Balaban J connectivity index is 1.70. The van der Waals surface area contributed by atoms with Crippen LogP contribution in [-0.4, -0.2) is 25.3 Å². The van der Waals surface area contributed by atoms with E-state index in [1.165, 1.54) is 4.88 Å². The Hall–Kier alpha value is -1.07. The number of ketones is 1. The minimum atomic E-state index is 0.112. The van der Waals surface area contributed by atoms with Crippen molar-refractivity contribution in [3.8, 4) is 0 Å². The van der Waals surface area contributed by atoms with Gasteiger partial charge in [0.1, 0.15) is 5.78 Å². The number of Topliss-reactive ketones (excluding diaryl/α,β-unsaturated/α-hetero) is 1. The third-order valence-corrected chi connectivity index (χ3v) is 4.14. The summed E-state index contributed by atoms with van der Waals surface area (Å²) >= 11 is 1.75. The summed E-state index contributed by atoms with van der Waals surface area (Å²) in [6, 6.07) is 4.18. The van der Waals surface area contributed by atoms with Crippen LogP contribution in [0.1, 0.15) is 31.1 Å². The fourth-order valence-electron chi connectivity index (χ4n) is 2.36. The lowest BCUT2D eigenvalue weighted by molar-refractivity contribution is -0.118. The number of rotatable bonds is 6. The average Bonchev–Trinajstić information content (AvgIpc) is 2.83. The predicted octanol–water partition coefficient (Wildman–Crippen LogP) is 2.23. The van der Waals surface area contributed by atoms with Crippen molar-refractivity contribution in [2.45, 2.75) is 44.7 Å². The maximum absolute atomic E-state index is 11.0. The number of carbonyl (C=O) groups excluding carboxylic acids is 1. The molecule has 0 bridgehead atoms. The Kier molecular flexibility index (Phi) is 5.22. The van der Waals surface area contributed by atoms with Crippen LogP contribution in [0.4, 0.5) is 0 Å². The van der Waals surface area contributed by atoms with Gasteiger partial charge in [-0.15, -0.1) is 11.3 Å². The highest BCUT2D eigenvalue weighted by Gasteiger charge is 2.24. The topological polar surface area (TPSA) is 38.3 Å². The lowest BCUT2D eigenvalue weighted by Gasteiger charge is -2.29.